The number of hydrogen-bond acceptors (Lipinski definition) is 2. The Morgan fingerprint density at radius 2 is 1.61 bits per heavy atom. The summed E-state index contributed by atoms with van der Waals surface area (Å²) in [6, 6.07) is 18.6. The summed E-state index contributed by atoms with van der Waals surface area (Å²) in [4.78, 5) is 0. The van der Waals surface area contributed by atoms with Crippen molar-refractivity contribution in [3.05, 3.63) is 69.8 Å². The molecule has 0 bridgehead atoms. The van der Waals surface area contributed by atoms with E-state index in [2.05, 4.69) is 41.9 Å². The number of rotatable bonds is 3. The molecule has 116 valence electrons. The standard InChI is InChI=1S/C19H17BrN2S/c1-13(2)22-12-17(14-8-10-16(20)11-9-14)19(23)18(21-22)15-6-4-3-5-7-15/h3-13H,1-2H3. The minimum Gasteiger partial charge on any atom is -0.269 e. The molecular formula is C19H17BrN2S. The molecule has 0 aliphatic rings. The van der Waals surface area contributed by atoms with Crippen molar-refractivity contribution in [2.75, 3.05) is 0 Å². The lowest BCUT2D eigenvalue weighted by atomic mass is 10.0. The van der Waals surface area contributed by atoms with Crippen molar-refractivity contribution in [2.45, 2.75) is 19.9 Å². The Balaban J connectivity index is 2.26. The van der Waals surface area contributed by atoms with Crippen LogP contribution >= 0.6 is 28.1 Å². The van der Waals surface area contributed by atoms with Gasteiger partial charge in [0.1, 0.15) is 5.69 Å². The molecule has 2 aromatic carbocycles. The molecule has 0 aliphatic carbocycles. The zero-order valence-electron chi connectivity index (χ0n) is 13.0. The molecule has 0 amide bonds. The second-order valence-corrected chi connectivity index (χ2v) is 6.99. The lowest BCUT2D eigenvalue weighted by Crippen LogP contribution is -2.08. The van der Waals surface area contributed by atoms with E-state index in [4.69, 9.17) is 17.3 Å². The fourth-order valence-corrected chi connectivity index (χ4v) is 2.99. The number of benzene rings is 2. The second-order valence-electron chi connectivity index (χ2n) is 5.67. The summed E-state index contributed by atoms with van der Waals surface area (Å²) in [5, 5.41) is 4.75. The molecule has 3 rings (SSSR count). The lowest BCUT2D eigenvalue weighted by Gasteiger charge is -2.15. The highest BCUT2D eigenvalue weighted by Crippen LogP contribution is 2.29. The fourth-order valence-electron chi connectivity index (χ4n) is 2.39. The molecule has 23 heavy (non-hydrogen) atoms. The van der Waals surface area contributed by atoms with Gasteiger partial charge in [-0.05, 0) is 31.5 Å². The Morgan fingerprint density at radius 1 is 0.957 bits per heavy atom. The normalized spacial score (nSPS) is 11.0. The molecule has 0 spiro atoms. The van der Waals surface area contributed by atoms with Crippen molar-refractivity contribution in [3.8, 4) is 22.4 Å². The zero-order chi connectivity index (χ0) is 16.4. The van der Waals surface area contributed by atoms with Crippen LogP contribution < -0.4 is 0 Å². The number of aromatic nitrogens is 2. The minimum atomic E-state index is 0.266. The number of hydrogen-bond donors (Lipinski definition) is 0. The van der Waals surface area contributed by atoms with Gasteiger partial charge in [0.2, 0.25) is 0 Å². The second kappa shape index (κ2) is 6.77. The van der Waals surface area contributed by atoms with Crippen LogP contribution in [-0.2, 0) is 0 Å². The highest BCUT2D eigenvalue weighted by atomic mass is 79.9. The van der Waals surface area contributed by atoms with Crippen molar-refractivity contribution in [2.24, 2.45) is 0 Å². The molecule has 0 fully saturated rings. The molecule has 0 unspecified atom stereocenters. The van der Waals surface area contributed by atoms with E-state index in [0.717, 1.165) is 31.4 Å². The molecule has 1 aromatic heterocycles. The van der Waals surface area contributed by atoms with Gasteiger partial charge in [-0.2, -0.15) is 5.10 Å². The van der Waals surface area contributed by atoms with Crippen LogP contribution in [0.1, 0.15) is 19.9 Å². The Kier molecular flexibility index (Phi) is 4.74. The minimum absolute atomic E-state index is 0.266. The van der Waals surface area contributed by atoms with Crippen LogP contribution in [0.5, 0.6) is 0 Å². The smallest absolute Gasteiger partial charge is 0.109 e. The largest absolute Gasteiger partial charge is 0.269 e. The van der Waals surface area contributed by atoms with Gasteiger partial charge in [-0.3, -0.25) is 4.68 Å². The maximum absolute atomic E-state index is 5.75. The number of halogens is 1. The maximum atomic E-state index is 5.75. The van der Waals surface area contributed by atoms with Gasteiger partial charge in [0.25, 0.3) is 0 Å². The predicted octanol–water partition coefficient (Wildman–Crippen LogP) is 6.29. The molecule has 0 saturated heterocycles. The molecule has 0 aliphatic heterocycles. The molecule has 2 nitrogen and oxygen atoms in total. The number of nitrogens with zero attached hydrogens (tertiary/aromatic N) is 2. The Morgan fingerprint density at radius 3 is 2.22 bits per heavy atom. The third-order valence-electron chi connectivity index (χ3n) is 3.67. The average Bonchev–Trinajstić information content (AvgIpc) is 2.56. The van der Waals surface area contributed by atoms with Gasteiger partial charge >= 0.3 is 0 Å². The predicted molar refractivity (Wildman–Crippen MR) is 102 cm³/mol. The highest BCUT2D eigenvalue weighted by molar-refractivity contribution is 9.10. The van der Waals surface area contributed by atoms with Crippen LogP contribution in [0.4, 0.5) is 0 Å². The van der Waals surface area contributed by atoms with Gasteiger partial charge in [0, 0.05) is 27.8 Å². The summed E-state index contributed by atoms with van der Waals surface area (Å²) in [6.07, 6.45) is 2.04. The van der Waals surface area contributed by atoms with Gasteiger partial charge in [0.05, 0.1) is 4.51 Å². The van der Waals surface area contributed by atoms with Crippen molar-refractivity contribution < 1.29 is 0 Å². The van der Waals surface area contributed by atoms with Crippen molar-refractivity contribution in [3.63, 3.8) is 0 Å². The van der Waals surface area contributed by atoms with Crippen LogP contribution in [0.15, 0.2) is 65.3 Å². The first-order valence-electron chi connectivity index (χ1n) is 7.51. The van der Waals surface area contributed by atoms with Gasteiger partial charge in [-0.1, -0.05) is 70.6 Å². The van der Waals surface area contributed by atoms with Gasteiger partial charge < -0.3 is 0 Å². The van der Waals surface area contributed by atoms with Crippen molar-refractivity contribution in [1.29, 1.82) is 0 Å². The SMILES string of the molecule is CC(C)n1cc(-c2ccc(Br)cc2)c(=S)c(-c2ccccc2)n1. The first-order valence-corrected chi connectivity index (χ1v) is 8.71. The van der Waals surface area contributed by atoms with Crippen LogP contribution in [0, 0.1) is 4.51 Å². The maximum Gasteiger partial charge on any atom is 0.109 e. The van der Waals surface area contributed by atoms with Gasteiger partial charge in [-0.25, -0.2) is 0 Å². The topological polar surface area (TPSA) is 17.8 Å². The summed E-state index contributed by atoms with van der Waals surface area (Å²) >= 11 is 9.23. The summed E-state index contributed by atoms with van der Waals surface area (Å²) in [5.74, 6) is 0. The first-order chi connectivity index (χ1) is 11.1. The summed E-state index contributed by atoms with van der Waals surface area (Å²) in [5.41, 5.74) is 4.04. The van der Waals surface area contributed by atoms with E-state index < -0.39 is 0 Å². The van der Waals surface area contributed by atoms with Crippen molar-refractivity contribution >= 4 is 28.1 Å². The van der Waals surface area contributed by atoms with Gasteiger partial charge in [0.15, 0.2) is 0 Å². The van der Waals surface area contributed by atoms with Crippen LogP contribution in [0.25, 0.3) is 22.4 Å². The van der Waals surface area contributed by atoms with Crippen LogP contribution in [-0.4, -0.2) is 9.78 Å². The van der Waals surface area contributed by atoms with E-state index in [9.17, 15) is 0 Å². The Bertz CT molecular complexity index is 868. The molecule has 0 radical (unpaired) electrons. The third kappa shape index (κ3) is 3.43. The fraction of sp³-hybridized carbons (Fsp3) is 0.158. The van der Waals surface area contributed by atoms with Crippen LogP contribution in [0.3, 0.4) is 0 Å². The molecule has 0 N–H and O–H groups in total. The van der Waals surface area contributed by atoms with E-state index >= 15 is 0 Å². The Labute approximate surface area is 149 Å². The van der Waals surface area contributed by atoms with E-state index in [1.54, 1.807) is 0 Å². The summed E-state index contributed by atoms with van der Waals surface area (Å²) in [7, 11) is 0. The highest BCUT2D eigenvalue weighted by Gasteiger charge is 2.11. The first kappa shape index (κ1) is 16.1. The zero-order valence-corrected chi connectivity index (χ0v) is 15.4. The van der Waals surface area contributed by atoms with Gasteiger partial charge in [-0.15, -0.1) is 0 Å². The third-order valence-corrected chi connectivity index (χ3v) is 4.61. The average molecular weight is 385 g/mol. The monoisotopic (exact) mass is 384 g/mol. The van der Waals surface area contributed by atoms with E-state index in [1.165, 1.54) is 0 Å². The van der Waals surface area contributed by atoms with E-state index in [-0.39, 0.29) is 6.04 Å². The van der Waals surface area contributed by atoms with Crippen molar-refractivity contribution in [1.82, 2.24) is 9.78 Å². The quantitative estimate of drug-likeness (QED) is 0.493. The Hall–Kier alpha value is -1.78. The molecule has 0 saturated carbocycles. The molecule has 1 heterocycles. The van der Waals surface area contributed by atoms with E-state index in [0.29, 0.717) is 0 Å². The molecule has 0 atom stereocenters. The summed E-state index contributed by atoms with van der Waals surface area (Å²) < 4.78 is 3.83. The summed E-state index contributed by atoms with van der Waals surface area (Å²) in [6.45, 7) is 4.24. The molecular weight excluding hydrogens is 368 g/mol. The lowest BCUT2D eigenvalue weighted by molar-refractivity contribution is 0.523. The molecule has 4 heteroatoms. The molecule has 3 aromatic rings. The van der Waals surface area contributed by atoms with E-state index in [1.807, 2.05) is 53.3 Å². The van der Waals surface area contributed by atoms with Crippen LogP contribution in [0.2, 0.25) is 0 Å².